The summed E-state index contributed by atoms with van der Waals surface area (Å²) in [5, 5.41) is 16.7. The summed E-state index contributed by atoms with van der Waals surface area (Å²) in [5.74, 6) is 0.916. The Kier molecular flexibility index (Phi) is 3.23. The zero-order valence-corrected chi connectivity index (χ0v) is 12.8. The Morgan fingerprint density at radius 2 is 2.23 bits per heavy atom. The Bertz CT molecular complexity index is 780. The second-order valence-electron chi connectivity index (χ2n) is 5.87. The van der Waals surface area contributed by atoms with Crippen LogP contribution in [0.1, 0.15) is 63.9 Å². The highest BCUT2D eigenvalue weighted by Crippen LogP contribution is 2.40. The molecule has 1 amide bonds. The highest BCUT2D eigenvalue weighted by Gasteiger charge is 2.29. The predicted molar refractivity (Wildman–Crippen MR) is 82.1 cm³/mol. The lowest BCUT2D eigenvalue weighted by atomic mass is 9.96. The van der Waals surface area contributed by atoms with Crippen LogP contribution in [0, 0.1) is 11.3 Å². The Morgan fingerprint density at radius 1 is 1.41 bits per heavy atom. The minimum absolute atomic E-state index is 0.289. The minimum atomic E-state index is -0.300. The number of nitrogens with zero attached hydrogens (tertiary/aromatic N) is 2. The van der Waals surface area contributed by atoms with Gasteiger partial charge in [0.15, 0.2) is 5.69 Å². The van der Waals surface area contributed by atoms with Gasteiger partial charge >= 0.3 is 0 Å². The van der Waals surface area contributed by atoms with Crippen molar-refractivity contribution in [3.63, 3.8) is 0 Å². The molecule has 1 saturated carbocycles. The van der Waals surface area contributed by atoms with Gasteiger partial charge < -0.3 is 9.84 Å². The first-order valence-corrected chi connectivity index (χ1v) is 8.40. The zero-order valence-electron chi connectivity index (χ0n) is 12.0. The molecule has 0 aliphatic heterocycles. The van der Waals surface area contributed by atoms with Crippen molar-refractivity contribution in [2.45, 2.75) is 44.4 Å². The van der Waals surface area contributed by atoms with E-state index in [-0.39, 0.29) is 11.6 Å². The summed E-state index contributed by atoms with van der Waals surface area (Å²) in [6, 6.07) is 3.96. The molecule has 4 rings (SSSR count). The number of rotatable bonds is 3. The second-order valence-corrected chi connectivity index (χ2v) is 6.97. The average Bonchev–Trinajstić information content (AvgIpc) is 3.15. The van der Waals surface area contributed by atoms with Crippen molar-refractivity contribution in [2.24, 2.45) is 0 Å². The lowest BCUT2D eigenvalue weighted by Gasteiger charge is -2.09. The summed E-state index contributed by atoms with van der Waals surface area (Å²) in [5.41, 5.74) is 2.03. The third-order valence-corrected chi connectivity index (χ3v) is 5.46. The molecule has 0 spiro atoms. The highest BCUT2D eigenvalue weighted by molar-refractivity contribution is 7.16. The van der Waals surface area contributed by atoms with E-state index in [2.05, 4.69) is 16.5 Å². The third kappa shape index (κ3) is 2.32. The summed E-state index contributed by atoms with van der Waals surface area (Å²) >= 11 is 1.52. The van der Waals surface area contributed by atoms with E-state index < -0.39 is 0 Å². The van der Waals surface area contributed by atoms with Crippen molar-refractivity contribution in [1.29, 1.82) is 5.26 Å². The van der Waals surface area contributed by atoms with E-state index in [0.717, 1.165) is 49.8 Å². The van der Waals surface area contributed by atoms with Crippen LogP contribution in [0.5, 0.6) is 0 Å². The summed E-state index contributed by atoms with van der Waals surface area (Å²) < 4.78 is 5.21. The van der Waals surface area contributed by atoms with Crippen LogP contribution in [0.3, 0.4) is 0 Å². The van der Waals surface area contributed by atoms with Gasteiger partial charge in [-0.3, -0.25) is 4.79 Å². The van der Waals surface area contributed by atoms with E-state index in [1.54, 1.807) is 6.07 Å². The fourth-order valence-electron chi connectivity index (χ4n) is 2.90. The van der Waals surface area contributed by atoms with E-state index in [4.69, 9.17) is 4.52 Å². The molecule has 2 heterocycles. The number of carbonyl (C=O) groups is 1. The maximum Gasteiger partial charge on any atom is 0.278 e. The van der Waals surface area contributed by atoms with Gasteiger partial charge in [-0.2, -0.15) is 5.26 Å². The van der Waals surface area contributed by atoms with Crippen LogP contribution < -0.4 is 5.32 Å². The fourth-order valence-corrected chi connectivity index (χ4v) is 4.13. The number of aromatic nitrogens is 1. The maximum absolute atomic E-state index is 12.3. The van der Waals surface area contributed by atoms with Crippen LogP contribution in [0.25, 0.3) is 0 Å². The van der Waals surface area contributed by atoms with Gasteiger partial charge in [0.2, 0.25) is 0 Å². The van der Waals surface area contributed by atoms with Crippen LogP contribution in [0.2, 0.25) is 0 Å². The SMILES string of the molecule is N#Cc1c(NC(=O)c2cc(C3CC3)on2)sc2c1CCCC2. The van der Waals surface area contributed by atoms with Gasteiger partial charge in [-0.25, -0.2) is 0 Å². The number of anilines is 1. The normalized spacial score (nSPS) is 16.9. The first-order valence-electron chi connectivity index (χ1n) is 7.59. The number of hydrogen-bond donors (Lipinski definition) is 1. The van der Waals surface area contributed by atoms with E-state index >= 15 is 0 Å². The Labute approximate surface area is 131 Å². The van der Waals surface area contributed by atoms with Crippen LogP contribution in [0.15, 0.2) is 10.6 Å². The monoisotopic (exact) mass is 313 g/mol. The molecule has 6 heteroatoms. The van der Waals surface area contributed by atoms with E-state index in [1.807, 2.05) is 0 Å². The summed E-state index contributed by atoms with van der Waals surface area (Å²) in [6.45, 7) is 0. The smallest absolute Gasteiger partial charge is 0.278 e. The molecule has 2 aromatic rings. The second kappa shape index (κ2) is 5.25. The summed E-state index contributed by atoms with van der Waals surface area (Å²) in [6.07, 6.45) is 6.40. The van der Waals surface area contributed by atoms with Gasteiger partial charge in [0, 0.05) is 16.9 Å². The average molecular weight is 313 g/mol. The number of thiophene rings is 1. The molecule has 1 N–H and O–H groups in total. The van der Waals surface area contributed by atoms with Crippen molar-refractivity contribution in [2.75, 3.05) is 5.32 Å². The first-order chi connectivity index (χ1) is 10.8. The summed E-state index contributed by atoms with van der Waals surface area (Å²) in [4.78, 5) is 13.5. The molecular formula is C16H15N3O2S. The van der Waals surface area contributed by atoms with Gasteiger partial charge in [-0.15, -0.1) is 11.3 Å². The van der Waals surface area contributed by atoms with Crippen molar-refractivity contribution < 1.29 is 9.32 Å². The molecule has 0 bridgehead atoms. The molecule has 0 aromatic carbocycles. The molecule has 2 aliphatic rings. The van der Waals surface area contributed by atoms with Gasteiger partial charge in [0.25, 0.3) is 5.91 Å². The number of nitriles is 1. The molecule has 5 nitrogen and oxygen atoms in total. The Balaban J connectivity index is 1.58. The zero-order chi connectivity index (χ0) is 15.1. The molecule has 0 unspecified atom stereocenters. The van der Waals surface area contributed by atoms with E-state index in [0.29, 0.717) is 16.5 Å². The third-order valence-electron chi connectivity index (χ3n) is 4.25. The lowest BCUT2D eigenvalue weighted by molar-refractivity contribution is 0.101. The first kappa shape index (κ1) is 13.5. The fraction of sp³-hybridized carbons (Fsp3) is 0.438. The standard InChI is InChI=1S/C16H15N3O2S/c17-8-11-10-3-1-2-4-14(10)22-16(11)18-15(20)12-7-13(21-19-12)9-5-6-9/h7,9H,1-6H2,(H,18,20). The number of nitrogens with one attached hydrogen (secondary N) is 1. The van der Waals surface area contributed by atoms with Crippen molar-refractivity contribution in [3.05, 3.63) is 33.5 Å². The van der Waals surface area contributed by atoms with Gasteiger partial charge in [0.1, 0.15) is 16.8 Å². The molecule has 0 saturated heterocycles. The quantitative estimate of drug-likeness (QED) is 0.938. The van der Waals surface area contributed by atoms with Crippen molar-refractivity contribution >= 4 is 22.2 Å². The Hall–Kier alpha value is -2.13. The van der Waals surface area contributed by atoms with E-state index in [1.165, 1.54) is 16.2 Å². The van der Waals surface area contributed by atoms with Gasteiger partial charge in [-0.1, -0.05) is 5.16 Å². The number of aryl methyl sites for hydroxylation is 1. The van der Waals surface area contributed by atoms with Crippen LogP contribution >= 0.6 is 11.3 Å². The maximum atomic E-state index is 12.3. The number of hydrogen-bond acceptors (Lipinski definition) is 5. The van der Waals surface area contributed by atoms with Crippen LogP contribution in [0.4, 0.5) is 5.00 Å². The molecule has 0 radical (unpaired) electrons. The number of amides is 1. The van der Waals surface area contributed by atoms with Crippen molar-refractivity contribution in [1.82, 2.24) is 5.16 Å². The number of carbonyl (C=O) groups excluding carboxylic acids is 1. The lowest BCUT2D eigenvalue weighted by Crippen LogP contribution is -2.12. The Morgan fingerprint density at radius 3 is 3.00 bits per heavy atom. The molecule has 2 aliphatic carbocycles. The highest BCUT2D eigenvalue weighted by atomic mass is 32.1. The topological polar surface area (TPSA) is 78.9 Å². The number of fused-ring (bicyclic) bond motifs is 1. The molecule has 112 valence electrons. The molecule has 22 heavy (non-hydrogen) atoms. The van der Waals surface area contributed by atoms with Crippen molar-refractivity contribution in [3.8, 4) is 6.07 Å². The van der Waals surface area contributed by atoms with Gasteiger partial charge in [0.05, 0.1) is 5.56 Å². The molecule has 1 fully saturated rings. The molecule has 2 aromatic heterocycles. The minimum Gasteiger partial charge on any atom is -0.360 e. The van der Waals surface area contributed by atoms with E-state index in [9.17, 15) is 10.1 Å². The molecular weight excluding hydrogens is 298 g/mol. The predicted octanol–water partition coefficient (Wildman–Crippen LogP) is 3.62. The largest absolute Gasteiger partial charge is 0.360 e. The van der Waals surface area contributed by atoms with Gasteiger partial charge in [-0.05, 0) is 44.1 Å². The summed E-state index contributed by atoms with van der Waals surface area (Å²) in [7, 11) is 0. The van der Waals surface area contributed by atoms with Crippen LogP contribution in [-0.4, -0.2) is 11.1 Å². The van der Waals surface area contributed by atoms with Crippen LogP contribution in [-0.2, 0) is 12.8 Å². The molecule has 0 atom stereocenters.